The Balaban J connectivity index is 4.12. The second kappa shape index (κ2) is 55.7. The SMILES string of the molecule is CCCCCCC/C=C\C/C=C\C/C=C\CCCCCCCCCCC(=O)OCC(COC(=O)CCCCCCC)OC(=O)CCCCCCCCCCC/C=C\C/C=C\CCCCCCC. The van der Waals surface area contributed by atoms with Crippen molar-refractivity contribution < 1.29 is 28.6 Å². The molecular formula is C61H108O6. The molecule has 0 spiro atoms. The minimum Gasteiger partial charge on any atom is -0.462 e. The molecule has 6 heteroatoms. The summed E-state index contributed by atoms with van der Waals surface area (Å²) in [6.07, 6.45) is 69.7. The zero-order chi connectivity index (χ0) is 48.6. The maximum absolute atomic E-state index is 12.8. The van der Waals surface area contributed by atoms with E-state index in [4.69, 9.17) is 14.2 Å². The smallest absolute Gasteiger partial charge is 0.306 e. The van der Waals surface area contributed by atoms with E-state index in [1.165, 1.54) is 161 Å². The molecule has 0 aliphatic heterocycles. The zero-order valence-electron chi connectivity index (χ0n) is 44.4. The van der Waals surface area contributed by atoms with E-state index in [1.54, 1.807) is 0 Å². The summed E-state index contributed by atoms with van der Waals surface area (Å²) in [5, 5.41) is 0. The summed E-state index contributed by atoms with van der Waals surface area (Å²) in [7, 11) is 0. The van der Waals surface area contributed by atoms with Gasteiger partial charge in [-0.3, -0.25) is 14.4 Å². The van der Waals surface area contributed by atoms with Gasteiger partial charge in [-0.1, -0.05) is 242 Å². The van der Waals surface area contributed by atoms with Crippen molar-refractivity contribution in [2.24, 2.45) is 0 Å². The number of carbonyl (C=O) groups is 3. The fraction of sp³-hybridized carbons (Fsp3) is 0.787. The highest BCUT2D eigenvalue weighted by atomic mass is 16.6. The van der Waals surface area contributed by atoms with Gasteiger partial charge in [-0.25, -0.2) is 0 Å². The van der Waals surface area contributed by atoms with Crippen LogP contribution in [0.3, 0.4) is 0 Å². The monoisotopic (exact) mass is 937 g/mol. The van der Waals surface area contributed by atoms with Crippen molar-refractivity contribution in [2.45, 2.75) is 297 Å². The van der Waals surface area contributed by atoms with Crippen LogP contribution in [0.25, 0.3) is 0 Å². The summed E-state index contributed by atoms with van der Waals surface area (Å²) in [6.45, 7) is 6.54. The van der Waals surface area contributed by atoms with Gasteiger partial charge in [0.25, 0.3) is 0 Å². The largest absolute Gasteiger partial charge is 0.462 e. The molecule has 0 aliphatic rings. The Bertz CT molecular complexity index is 1210. The van der Waals surface area contributed by atoms with Crippen molar-refractivity contribution in [3.05, 3.63) is 60.8 Å². The Morgan fingerprint density at radius 1 is 0.299 bits per heavy atom. The summed E-state index contributed by atoms with van der Waals surface area (Å²) < 4.78 is 16.7. The van der Waals surface area contributed by atoms with Gasteiger partial charge in [0, 0.05) is 19.3 Å². The Morgan fingerprint density at radius 2 is 0.537 bits per heavy atom. The average molecular weight is 938 g/mol. The number of carbonyl (C=O) groups excluding carboxylic acids is 3. The minimum atomic E-state index is -0.776. The Hall–Kier alpha value is -2.89. The lowest BCUT2D eigenvalue weighted by Gasteiger charge is -2.18. The van der Waals surface area contributed by atoms with Crippen molar-refractivity contribution in [3.8, 4) is 0 Å². The van der Waals surface area contributed by atoms with Gasteiger partial charge in [0.2, 0.25) is 0 Å². The number of esters is 3. The van der Waals surface area contributed by atoms with Crippen molar-refractivity contribution in [1.29, 1.82) is 0 Å². The summed E-state index contributed by atoms with van der Waals surface area (Å²) in [5.74, 6) is -0.896. The standard InChI is InChI=1S/C61H108O6/c1-4-7-10-13-15-17-19-21-23-25-27-29-30-32-33-35-37-39-41-43-45-48-51-54-60(63)66-57-58(56-65-59(62)53-50-47-12-9-6-3)67-61(64)55-52-49-46-44-42-40-38-36-34-31-28-26-24-22-20-18-16-14-11-8-5-2/h19-22,25-28,30,32,58H,4-18,23-24,29,31,33-57H2,1-3H3/b21-19-,22-20-,27-25-,28-26-,32-30-. The molecule has 0 aromatic rings. The van der Waals surface area contributed by atoms with Crippen LogP contribution in [0, 0.1) is 0 Å². The highest BCUT2D eigenvalue weighted by Crippen LogP contribution is 2.15. The van der Waals surface area contributed by atoms with Gasteiger partial charge in [-0.05, 0) is 89.9 Å². The molecule has 0 aliphatic carbocycles. The van der Waals surface area contributed by atoms with Crippen LogP contribution >= 0.6 is 0 Å². The van der Waals surface area contributed by atoms with E-state index in [-0.39, 0.29) is 31.1 Å². The Labute approximate surface area is 415 Å². The number of ether oxygens (including phenoxy) is 3. The molecule has 6 nitrogen and oxygen atoms in total. The molecule has 0 saturated heterocycles. The van der Waals surface area contributed by atoms with E-state index in [9.17, 15) is 14.4 Å². The molecular weight excluding hydrogens is 829 g/mol. The van der Waals surface area contributed by atoms with Crippen LogP contribution in [0.5, 0.6) is 0 Å². The second-order valence-electron chi connectivity index (χ2n) is 19.2. The Morgan fingerprint density at radius 3 is 0.836 bits per heavy atom. The average Bonchev–Trinajstić information content (AvgIpc) is 3.33. The van der Waals surface area contributed by atoms with E-state index in [0.717, 1.165) is 89.9 Å². The zero-order valence-corrected chi connectivity index (χ0v) is 44.4. The minimum absolute atomic E-state index is 0.0785. The third-order valence-electron chi connectivity index (χ3n) is 12.5. The fourth-order valence-corrected chi connectivity index (χ4v) is 8.13. The van der Waals surface area contributed by atoms with Gasteiger partial charge in [-0.2, -0.15) is 0 Å². The number of hydrogen-bond acceptors (Lipinski definition) is 6. The van der Waals surface area contributed by atoms with Gasteiger partial charge in [0.1, 0.15) is 13.2 Å². The van der Waals surface area contributed by atoms with Crippen LogP contribution in [0.15, 0.2) is 60.8 Å². The second-order valence-corrected chi connectivity index (χ2v) is 19.2. The first-order chi connectivity index (χ1) is 33.0. The topological polar surface area (TPSA) is 78.9 Å². The molecule has 0 saturated carbocycles. The number of hydrogen-bond donors (Lipinski definition) is 0. The first kappa shape index (κ1) is 64.1. The predicted octanol–water partition coefficient (Wildman–Crippen LogP) is 19.2. The summed E-state index contributed by atoms with van der Waals surface area (Å²) in [4.78, 5) is 37.8. The van der Waals surface area contributed by atoms with Crippen LogP contribution in [-0.2, 0) is 28.6 Å². The van der Waals surface area contributed by atoms with Crippen LogP contribution in [0.1, 0.15) is 290 Å². The molecule has 0 amide bonds. The van der Waals surface area contributed by atoms with Crippen LogP contribution in [0.4, 0.5) is 0 Å². The quantitative estimate of drug-likeness (QED) is 0.0262. The molecule has 0 heterocycles. The lowest BCUT2D eigenvalue weighted by molar-refractivity contribution is -0.167. The van der Waals surface area contributed by atoms with Crippen LogP contribution in [-0.4, -0.2) is 37.2 Å². The maximum Gasteiger partial charge on any atom is 0.306 e. The maximum atomic E-state index is 12.8. The molecule has 0 bridgehead atoms. The van der Waals surface area contributed by atoms with E-state index in [2.05, 4.69) is 81.5 Å². The van der Waals surface area contributed by atoms with E-state index < -0.39 is 6.10 Å². The third-order valence-corrected chi connectivity index (χ3v) is 12.5. The normalized spacial score (nSPS) is 12.5. The highest BCUT2D eigenvalue weighted by molar-refractivity contribution is 5.71. The molecule has 67 heavy (non-hydrogen) atoms. The van der Waals surface area contributed by atoms with E-state index >= 15 is 0 Å². The van der Waals surface area contributed by atoms with E-state index in [0.29, 0.717) is 19.3 Å². The highest BCUT2D eigenvalue weighted by Gasteiger charge is 2.19. The fourth-order valence-electron chi connectivity index (χ4n) is 8.13. The summed E-state index contributed by atoms with van der Waals surface area (Å²) in [6, 6.07) is 0. The first-order valence-corrected chi connectivity index (χ1v) is 28.8. The molecule has 0 radical (unpaired) electrons. The molecule has 388 valence electrons. The molecule has 0 rings (SSSR count). The molecule has 1 unspecified atom stereocenters. The molecule has 1 atom stereocenters. The van der Waals surface area contributed by atoms with Crippen molar-refractivity contribution in [2.75, 3.05) is 13.2 Å². The van der Waals surface area contributed by atoms with Crippen LogP contribution < -0.4 is 0 Å². The van der Waals surface area contributed by atoms with Gasteiger partial charge in [0.05, 0.1) is 0 Å². The Kier molecular flexibility index (Phi) is 53.3. The summed E-state index contributed by atoms with van der Waals surface area (Å²) >= 11 is 0. The third kappa shape index (κ3) is 53.9. The molecule has 0 aromatic carbocycles. The first-order valence-electron chi connectivity index (χ1n) is 28.8. The molecule has 0 N–H and O–H groups in total. The number of unbranched alkanes of at least 4 members (excludes halogenated alkanes) is 31. The van der Waals surface area contributed by atoms with E-state index in [1.807, 2.05) is 0 Å². The van der Waals surface area contributed by atoms with Crippen molar-refractivity contribution >= 4 is 17.9 Å². The lowest BCUT2D eigenvalue weighted by Crippen LogP contribution is -2.30. The van der Waals surface area contributed by atoms with Crippen molar-refractivity contribution in [3.63, 3.8) is 0 Å². The van der Waals surface area contributed by atoms with Gasteiger partial charge in [-0.15, -0.1) is 0 Å². The number of allylic oxidation sites excluding steroid dienone is 10. The lowest BCUT2D eigenvalue weighted by atomic mass is 10.1. The number of rotatable bonds is 52. The summed E-state index contributed by atoms with van der Waals surface area (Å²) in [5.41, 5.74) is 0. The van der Waals surface area contributed by atoms with Crippen LogP contribution in [0.2, 0.25) is 0 Å². The molecule has 0 aromatic heterocycles. The predicted molar refractivity (Wildman–Crippen MR) is 288 cm³/mol. The van der Waals surface area contributed by atoms with Crippen molar-refractivity contribution in [1.82, 2.24) is 0 Å². The molecule has 0 fully saturated rings. The van der Waals surface area contributed by atoms with Gasteiger partial charge < -0.3 is 14.2 Å². The van der Waals surface area contributed by atoms with Gasteiger partial charge >= 0.3 is 17.9 Å². The van der Waals surface area contributed by atoms with Gasteiger partial charge in [0.15, 0.2) is 6.10 Å².